The number of carbonyl (C=O) groups excluding carboxylic acids is 3. The smallest absolute Gasteiger partial charge is 0.306 e. The van der Waals surface area contributed by atoms with Gasteiger partial charge in [-0.25, -0.2) is 0 Å². The molecule has 0 fully saturated rings. The molecule has 0 spiro atoms. The Morgan fingerprint density at radius 1 is 0.273 bits per heavy atom. The summed E-state index contributed by atoms with van der Waals surface area (Å²) in [5, 5.41) is 0. The van der Waals surface area contributed by atoms with Gasteiger partial charge in [0.05, 0.1) is 0 Å². The maximum absolute atomic E-state index is 12.9. The SMILES string of the molecule is CC/C=C\C/C=C\C/C=C\C/C=C\C/C=C\C/C=C\CCCCCCCCCCCCC(=O)OCC(COC(=O)CCCCCCC/C=C\C/C=C\CCC)OC(=O)CCCCCC/C=C\C/C=C\C/C=C\C/C=C\CC. The molecule has 0 radical (unpaired) electrons. The summed E-state index contributed by atoms with van der Waals surface area (Å²) in [6, 6.07) is 0. The predicted octanol–water partition coefficient (Wildman–Crippen LogP) is 21.5. The Labute approximate surface area is 474 Å². The van der Waals surface area contributed by atoms with Gasteiger partial charge in [0.15, 0.2) is 6.10 Å². The maximum Gasteiger partial charge on any atom is 0.306 e. The number of carbonyl (C=O) groups is 3. The molecular weight excluding hydrogens is 949 g/mol. The first-order valence-corrected chi connectivity index (χ1v) is 31.3. The number of ether oxygens (including phenoxy) is 3. The molecule has 0 aliphatic heterocycles. The second-order valence-corrected chi connectivity index (χ2v) is 20.2. The van der Waals surface area contributed by atoms with Crippen molar-refractivity contribution in [3.63, 3.8) is 0 Å². The normalized spacial score (nSPS) is 13.1. The van der Waals surface area contributed by atoms with Gasteiger partial charge in [0.1, 0.15) is 13.2 Å². The fourth-order valence-electron chi connectivity index (χ4n) is 8.18. The van der Waals surface area contributed by atoms with E-state index in [1.807, 2.05) is 0 Å². The van der Waals surface area contributed by atoms with Crippen molar-refractivity contribution in [2.75, 3.05) is 13.2 Å². The molecule has 0 aliphatic carbocycles. The molecule has 6 nitrogen and oxygen atoms in total. The van der Waals surface area contributed by atoms with Crippen LogP contribution in [-0.2, 0) is 28.6 Å². The lowest BCUT2D eigenvalue weighted by Gasteiger charge is -2.18. The molecule has 0 N–H and O–H groups in total. The largest absolute Gasteiger partial charge is 0.462 e. The molecule has 0 aromatic carbocycles. The molecule has 0 amide bonds. The van der Waals surface area contributed by atoms with Gasteiger partial charge in [0.25, 0.3) is 0 Å². The summed E-state index contributed by atoms with van der Waals surface area (Å²) >= 11 is 0. The Hall–Kier alpha value is -4.71. The number of esters is 3. The molecule has 0 saturated carbocycles. The summed E-state index contributed by atoms with van der Waals surface area (Å²) in [6.07, 6.45) is 91.3. The molecule has 0 heterocycles. The van der Waals surface area contributed by atoms with E-state index < -0.39 is 6.10 Å². The first-order chi connectivity index (χ1) is 38.0. The van der Waals surface area contributed by atoms with E-state index in [-0.39, 0.29) is 31.1 Å². The van der Waals surface area contributed by atoms with E-state index in [1.165, 1.54) is 57.8 Å². The van der Waals surface area contributed by atoms with Crippen LogP contribution in [0.4, 0.5) is 0 Å². The lowest BCUT2D eigenvalue weighted by atomic mass is 10.1. The third kappa shape index (κ3) is 62.0. The highest BCUT2D eigenvalue weighted by Gasteiger charge is 2.19. The molecule has 1 unspecified atom stereocenters. The van der Waals surface area contributed by atoms with Crippen LogP contribution in [0.1, 0.15) is 265 Å². The third-order valence-corrected chi connectivity index (χ3v) is 12.8. The van der Waals surface area contributed by atoms with Crippen LogP contribution in [0, 0.1) is 0 Å². The average Bonchev–Trinajstić information content (AvgIpc) is 3.43. The first kappa shape index (κ1) is 72.3. The van der Waals surface area contributed by atoms with Crippen molar-refractivity contribution >= 4 is 17.9 Å². The monoisotopic (exact) mass is 1060 g/mol. The van der Waals surface area contributed by atoms with Crippen molar-refractivity contribution in [1.29, 1.82) is 0 Å². The van der Waals surface area contributed by atoms with Crippen LogP contribution < -0.4 is 0 Å². The molecule has 0 aromatic heterocycles. The van der Waals surface area contributed by atoms with Crippen molar-refractivity contribution in [2.45, 2.75) is 271 Å². The number of hydrogen-bond acceptors (Lipinski definition) is 6. The zero-order valence-electron chi connectivity index (χ0n) is 49.7. The minimum atomic E-state index is -0.805. The fourth-order valence-corrected chi connectivity index (χ4v) is 8.18. The van der Waals surface area contributed by atoms with Gasteiger partial charge in [-0.05, 0) is 135 Å². The zero-order chi connectivity index (χ0) is 55.7. The Morgan fingerprint density at radius 3 is 0.792 bits per heavy atom. The summed E-state index contributed by atoms with van der Waals surface area (Å²) in [4.78, 5) is 38.3. The molecule has 0 saturated heterocycles. The van der Waals surface area contributed by atoms with Gasteiger partial charge >= 0.3 is 17.9 Å². The van der Waals surface area contributed by atoms with E-state index >= 15 is 0 Å². The van der Waals surface area contributed by atoms with Crippen LogP contribution in [0.5, 0.6) is 0 Å². The van der Waals surface area contributed by atoms with Crippen molar-refractivity contribution in [1.82, 2.24) is 0 Å². The molecule has 0 rings (SSSR count). The lowest BCUT2D eigenvalue weighted by Crippen LogP contribution is -2.30. The molecule has 1 atom stereocenters. The Bertz CT molecular complexity index is 1700. The van der Waals surface area contributed by atoms with E-state index in [9.17, 15) is 14.4 Å². The fraction of sp³-hybridized carbons (Fsp3) is 0.620. The highest BCUT2D eigenvalue weighted by molar-refractivity contribution is 5.71. The van der Waals surface area contributed by atoms with E-state index in [4.69, 9.17) is 14.2 Å². The molecule has 6 heteroatoms. The van der Waals surface area contributed by atoms with Crippen molar-refractivity contribution in [2.24, 2.45) is 0 Å². The summed E-state index contributed by atoms with van der Waals surface area (Å²) in [5.41, 5.74) is 0. The quantitative estimate of drug-likeness (QED) is 0.0261. The van der Waals surface area contributed by atoms with Gasteiger partial charge in [-0.2, -0.15) is 0 Å². The highest BCUT2D eigenvalue weighted by Crippen LogP contribution is 2.15. The van der Waals surface area contributed by atoms with Crippen molar-refractivity contribution in [3.8, 4) is 0 Å². The second-order valence-electron chi connectivity index (χ2n) is 20.2. The van der Waals surface area contributed by atoms with Gasteiger partial charge in [-0.15, -0.1) is 0 Å². The van der Waals surface area contributed by atoms with Crippen LogP contribution in [0.25, 0.3) is 0 Å². The predicted molar refractivity (Wildman–Crippen MR) is 334 cm³/mol. The van der Waals surface area contributed by atoms with Gasteiger partial charge in [0, 0.05) is 19.3 Å². The maximum atomic E-state index is 12.9. The zero-order valence-corrected chi connectivity index (χ0v) is 49.7. The van der Waals surface area contributed by atoms with Crippen LogP contribution >= 0.6 is 0 Å². The van der Waals surface area contributed by atoms with Gasteiger partial charge < -0.3 is 14.2 Å². The van der Waals surface area contributed by atoms with Crippen LogP contribution in [0.3, 0.4) is 0 Å². The van der Waals surface area contributed by atoms with E-state index in [0.29, 0.717) is 19.3 Å². The second kappa shape index (κ2) is 63.8. The molecule has 0 aromatic rings. The first-order valence-electron chi connectivity index (χ1n) is 31.3. The Morgan fingerprint density at radius 2 is 0.506 bits per heavy atom. The van der Waals surface area contributed by atoms with E-state index in [1.54, 1.807) is 0 Å². The molecule has 0 bridgehead atoms. The lowest BCUT2D eigenvalue weighted by molar-refractivity contribution is -0.167. The standard InChI is InChI=1S/C71H114O6/c1-4-7-10-13-16-19-22-25-27-29-30-31-32-33-34-35-36-37-38-39-40-42-43-46-49-52-55-58-61-64-70(73)76-67-68(66-75-69(72)63-60-57-54-51-48-45-24-21-18-15-12-9-6-3)77-71(74)65-62-59-56-53-50-47-44-41-28-26-23-20-17-14-11-8-5-2/h7-8,10-12,15-17,19-21,24-28,30-31,33-34,36-37,44,47,68H,4-6,9,13-14,18,22-23,29,32,35,38-43,45-46,48-67H2,1-3H3/b10-7-,11-8-,15-12-,19-16-,20-17-,24-21-,27-25-,28-26-,31-30-,34-33-,37-36-,47-44-. The summed E-state index contributed by atoms with van der Waals surface area (Å²) in [6.45, 7) is 6.31. The topological polar surface area (TPSA) is 78.9 Å². The molecule has 77 heavy (non-hydrogen) atoms. The Kier molecular flexibility index (Phi) is 59.9. The number of unbranched alkanes of at least 4 members (excludes halogenated alkanes) is 20. The van der Waals surface area contributed by atoms with Gasteiger partial charge in [-0.1, -0.05) is 256 Å². The van der Waals surface area contributed by atoms with E-state index in [0.717, 1.165) is 167 Å². The highest BCUT2D eigenvalue weighted by atomic mass is 16.6. The average molecular weight is 1060 g/mol. The van der Waals surface area contributed by atoms with Crippen LogP contribution in [0.2, 0.25) is 0 Å². The summed E-state index contributed by atoms with van der Waals surface area (Å²) in [5.74, 6) is -0.944. The third-order valence-electron chi connectivity index (χ3n) is 12.8. The Balaban J connectivity index is 4.35. The number of hydrogen-bond donors (Lipinski definition) is 0. The van der Waals surface area contributed by atoms with Crippen LogP contribution in [-0.4, -0.2) is 37.2 Å². The number of rotatable bonds is 55. The van der Waals surface area contributed by atoms with Gasteiger partial charge in [-0.3, -0.25) is 14.4 Å². The van der Waals surface area contributed by atoms with Gasteiger partial charge in [0.2, 0.25) is 0 Å². The van der Waals surface area contributed by atoms with Crippen molar-refractivity contribution < 1.29 is 28.6 Å². The summed E-state index contributed by atoms with van der Waals surface area (Å²) < 4.78 is 16.9. The molecule has 434 valence electrons. The molecular formula is C71H114O6. The van der Waals surface area contributed by atoms with Crippen molar-refractivity contribution in [3.05, 3.63) is 146 Å². The van der Waals surface area contributed by atoms with Crippen LogP contribution in [0.15, 0.2) is 146 Å². The minimum absolute atomic E-state index is 0.0996. The minimum Gasteiger partial charge on any atom is -0.462 e. The van der Waals surface area contributed by atoms with E-state index in [2.05, 4.69) is 167 Å². The summed E-state index contributed by atoms with van der Waals surface area (Å²) in [7, 11) is 0. The number of allylic oxidation sites excluding steroid dienone is 24. The molecule has 0 aliphatic rings.